The van der Waals surface area contributed by atoms with E-state index in [-0.39, 0.29) is 5.69 Å². The average molecular weight is 382 g/mol. The van der Waals surface area contributed by atoms with E-state index in [4.69, 9.17) is 4.74 Å². The Morgan fingerprint density at radius 1 is 1.15 bits per heavy atom. The van der Waals surface area contributed by atoms with Crippen molar-refractivity contribution in [1.29, 1.82) is 0 Å². The molecule has 3 rings (SSSR count). The van der Waals surface area contributed by atoms with Crippen molar-refractivity contribution in [2.75, 3.05) is 12.0 Å². The monoisotopic (exact) mass is 382 g/mol. The van der Waals surface area contributed by atoms with Crippen molar-refractivity contribution < 1.29 is 22.3 Å². The van der Waals surface area contributed by atoms with Crippen LogP contribution in [-0.4, -0.2) is 29.1 Å². The highest BCUT2D eigenvalue weighted by molar-refractivity contribution is 5.77. The van der Waals surface area contributed by atoms with E-state index in [1.165, 1.54) is 42.5 Å². The summed E-state index contributed by atoms with van der Waals surface area (Å²) in [5.74, 6) is -0.673. The van der Waals surface area contributed by atoms with Crippen LogP contribution in [0.2, 0.25) is 0 Å². The highest BCUT2D eigenvalue weighted by Crippen LogP contribution is 2.40. The van der Waals surface area contributed by atoms with Gasteiger partial charge in [-0.2, -0.15) is 13.2 Å². The summed E-state index contributed by atoms with van der Waals surface area (Å²) in [6, 6.07) is 3.75. The van der Waals surface area contributed by atoms with Gasteiger partial charge in [-0.1, -0.05) is 0 Å². The lowest BCUT2D eigenvalue weighted by Gasteiger charge is -2.36. The second-order valence-corrected chi connectivity index (χ2v) is 6.49. The Morgan fingerprint density at radius 3 is 2.48 bits per heavy atom. The number of aromatic nitrogens is 2. The molecule has 1 atom stereocenters. The topological polar surface area (TPSA) is 42.6 Å². The lowest BCUT2D eigenvalue weighted by molar-refractivity contribution is -0.0947. The summed E-state index contributed by atoms with van der Waals surface area (Å²) in [5, 5.41) is 0. The Morgan fingerprint density at radius 2 is 1.89 bits per heavy atom. The highest BCUT2D eigenvalue weighted by atomic mass is 19.4. The number of alkyl halides is 3. The lowest BCUT2D eigenvalue weighted by Crippen LogP contribution is -2.39. The molecule has 0 spiro atoms. The van der Waals surface area contributed by atoms with E-state index in [0.717, 1.165) is 23.3 Å². The summed E-state index contributed by atoms with van der Waals surface area (Å²) >= 11 is 0. The minimum atomic E-state index is -4.66. The van der Waals surface area contributed by atoms with Gasteiger partial charge in [0, 0.05) is 31.4 Å². The molecule has 1 aromatic heterocycles. The predicted molar refractivity (Wildman–Crippen MR) is 92.8 cm³/mol. The molecule has 9 heteroatoms. The molecule has 1 aliphatic heterocycles. The van der Waals surface area contributed by atoms with Crippen molar-refractivity contribution in [1.82, 2.24) is 9.55 Å². The van der Waals surface area contributed by atoms with Crippen LogP contribution in [0.15, 0.2) is 53.7 Å². The van der Waals surface area contributed by atoms with E-state index >= 15 is 0 Å². The number of methoxy groups -OCH3 is 1. The number of ether oxygens (including phenoxy) is 1. The summed E-state index contributed by atoms with van der Waals surface area (Å²) < 4.78 is 62.1. The Hall–Kier alpha value is -2.68. The number of anilines is 1. The molecule has 1 unspecified atom stereocenters. The zero-order valence-corrected chi connectivity index (χ0v) is 14.9. The van der Waals surface area contributed by atoms with Crippen LogP contribution in [0.5, 0.6) is 0 Å². The molecule has 144 valence electrons. The van der Waals surface area contributed by atoms with Gasteiger partial charge in [-0.15, -0.1) is 0 Å². The van der Waals surface area contributed by atoms with Crippen molar-refractivity contribution >= 4 is 11.9 Å². The number of nitrogens with zero attached hydrogens (tertiary/aromatic N) is 4. The molecule has 0 amide bonds. The largest absolute Gasteiger partial charge is 0.431 e. The van der Waals surface area contributed by atoms with Gasteiger partial charge in [0.15, 0.2) is 0 Å². The van der Waals surface area contributed by atoms with Gasteiger partial charge in [-0.05, 0) is 43.7 Å². The standard InChI is InChI=1S/C18H18F4N4O/c1-17(2,27-3)12-8-13(19)10-14(9-12)26-15(18(20,21)22)4-5-24-16(26)25-7-6-23-11-25/h4-11,16H,1-3H3. The smallest absolute Gasteiger partial charge is 0.374 e. The molecule has 5 nitrogen and oxygen atoms in total. The Bertz CT molecular complexity index is 872. The fraction of sp³-hybridized carbons (Fsp3) is 0.333. The molecule has 0 aliphatic carbocycles. The number of imidazole rings is 1. The molecule has 0 fully saturated rings. The quantitative estimate of drug-likeness (QED) is 0.737. The summed E-state index contributed by atoms with van der Waals surface area (Å²) in [5.41, 5.74) is -1.43. The minimum Gasteiger partial charge on any atom is -0.374 e. The van der Waals surface area contributed by atoms with E-state index in [0.29, 0.717) is 5.56 Å². The second kappa shape index (κ2) is 6.80. The number of aliphatic imine (C=N–C) groups is 1. The second-order valence-electron chi connectivity index (χ2n) is 6.49. The highest BCUT2D eigenvalue weighted by Gasteiger charge is 2.42. The third kappa shape index (κ3) is 3.73. The van der Waals surface area contributed by atoms with Gasteiger partial charge >= 0.3 is 6.18 Å². The molecule has 2 heterocycles. The lowest BCUT2D eigenvalue weighted by atomic mass is 9.97. The van der Waals surface area contributed by atoms with Crippen LogP contribution in [0, 0.1) is 5.82 Å². The number of halogens is 4. The number of benzene rings is 1. The molecule has 0 saturated carbocycles. The number of hydrogen-bond donors (Lipinski definition) is 0. The van der Waals surface area contributed by atoms with E-state index in [2.05, 4.69) is 9.98 Å². The molecule has 0 saturated heterocycles. The maximum atomic E-state index is 14.3. The Kier molecular flexibility index (Phi) is 4.81. The van der Waals surface area contributed by atoms with Crippen molar-refractivity contribution in [3.8, 4) is 0 Å². The molecular formula is C18H18F4N4O. The zero-order chi connectivity index (χ0) is 19.8. The minimum absolute atomic E-state index is 0.00856. The first-order valence-electron chi connectivity index (χ1n) is 8.07. The molecule has 0 N–H and O–H groups in total. The van der Waals surface area contributed by atoms with Crippen LogP contribution in [0.1, 0.15) is 25.7 Å². The third-order valence-corrected chi connectivity index (χ3v) is 4.39. The predicted octanol–water partition coefficient (Wildman–Crippen LogP) is 4.40. The van der Waals surface area contributed by atoms with Gasteiger partial charge in [-0.25, -0.2) is 14.4 Å². The normalized spacial score (nSPS) is 18.0. The average Bonchev–Trinajstić information content (AvgIpc) is 3.14. The molecular weight excluding hydrogens is 364 g/mol. The van der Waals surface area contributed by atoms with Crippen LogP contribution in [0.4, 0.5) is 23.2 Å². The SMILES string of the molecule is COC(C)(C)c1cc(F)cc(N2C(C(F)(F)F)=CC=NC2n2ccnc2)c1. The molecule has 27 heavy (non-hydrogen) atoms. The van der Waals surface area contributed by atoms with Gasteiger partial charge < -0.3 is 4.74 Å². The molecule has 2 aromatic rings. The first-order valence-corrected chi connectivity index (χ1v) is 8.07. The molecule has 1 aromatic carbocycles. The molecule has 0 bridgehead atoms. The molecule has 1 aliphatic rings. The zero-order valence-electron chi connectivity index (χ0n) is 14.9. The van der Waals surface area contributed by atoms with Crippen LogP contribution >= 0.6 is 0 Å². The van der Waals surface area contributed by atoms with Gasteiger partial charge in [0.05, 0.1) is 11.9 Å². The number of rotatable bonds is 4. The Balaban J connectivity index is 2.17. The summed E-state index contributed by atoms with van der Waals surface area (Å²) in [6.07, 6.45) is 0.484. The molecule has 0 radical (unpaired) electrons. The fourth-order valence-corrected chi connectivity index (χ4v) is 2.76. The van der Waals surface area contributed by atoms with E-state index in [9.17, 15) is 17.6 Å². The van der Waals surface area contributed by atoms with Crippen LogP contribution in [0.25, 0.3) is 0 Å². The van der Waals surface area contributed by atoms with Crippen molar-refractivity contribution in [3.63, 3.8) is 0 Å². The van der Waals surface area contributed by atoms with Gasteiger partial charge in [-0.3, -0.25) is 9.47 Å². The maximum absolute atomic E-state index is 14.3. The van der Waals surface area contributed by atoms with Crippen molar-refractivity contribution in [3.05, 3.63) is 60.1 Å². The summed E-state index contributed by atoms with van der Waals surface area (Å²) in [7, 11) is 1.45. The van der Waals surface area contributed by atoms with Crippen molar-refractivity contribution in [2.24, 2.45) is 4.99 Å². The van der Waals surface area contributed by atoms with Gasteiger partial charge in [0.25, 0.3) is 0 Å². The van der Waals surface area contributed by atoms with Crippen LogP contribution < -0.4 is 4.90 Å². The third-order valence-electron chi connectivity index (χ3n) is 4.39. The van der Waals surface area contributed by atoms with E-state index < -0.39 is 29.6 Å². The summed E-state index contributed by atoms with van der Waals surface area (Å²) in [6.45, 7) is 3.40. The fourth-order valence-electron chi connectivity index (χ4n) is 2.76. The van der Waals surface area contributed by atoms with Gasteiger partial charge in [0.1, 0.15) is 11.5 Å². The number of hydrogen-bond acceptors (Lipinski definition) is 4. The first-order chi connectivity index (χ1) is 12.6. The number of allylic oxidation sites excluding steroid dienone is 2. The Labute approximate surface area is 153 Å². The van der Waals surface area contributed by atoms with E-state index in [1.54, 1.807) is 13.8 Å². The van der Waals surface area contributed by atoms with Crippen molar-refractivity contribution in [2.45, 2.75) is 31.9 Å². The van der Waals surface area contributed by atoms with Crippen LogP contribution in [-0.2, 0) is 10.3 Å². The summed E-state index contributed by atoms with van der Waals surface area (Å²) in [4.78, 5) is 8.93. The first kappa shape index (κ1) is 19.1. The van der Waals surface area contributed by atoms with Crippen LogP contribution in [0.3, 0.4) is 0 Å². The van der Waals surface area contributed by atoms with Gasteiger partial charge in [0.2, 0.25) is 6.29 Å². The maximum Gasteiger partial charge on any atom is 0.431 e. The van der Waals surface area contributed by atoms with E-state index in [1.807, 2.05) is 0 Å².